The molecule has 0 aromatic heterocycles. The lowest BCUT2D eigenvalue weighted by atomic mass is 9.97. The van der Waals surface area contributed by atoms with E-state index in [0.717, 1.165) is 34.8 Å². The maximum atomic E-state index is 6.14. The number of benzene rings is 4. The Morgan fingerprint density at radius 2 is 1.03 bits per heavy atom. The molecule has 0 saturated carbocycles. The van der Waals surface area contributed by atoms with Gasteiger partial charge in [-0.1, -0.05) is 85.8 Å². The van der Waals surface area contributed by atoms with E-state index in [4.69, 9.17) is 14.2 Å². The fourth-order valence-electron chi connectivity index (χ4n) is 3.56. The van der Waals surface area contributed by atoms with Crippen molar-refractivity contribution >= 4 is 0 Å². The summed E-state index contributed by atoms with van der Waals surface area (Å²) in [7, 11) is 0. The Morgan fingerprint density at radius 1 is 0.545 bits per heavy atom. The van der Waals surface area contributed by atoms with E-state index in [-0.39, 0.29) is 0 Å². The Balaban J connectivity index is 1.44. The van der Waals surface area contributed by atoms with Crippen molar-refractivity contribution in [3.63, 3.8) is 0 Å². The third-order valence-electron chi connectivity index (χ3n) is 5.53. The van der Waals surface area contributed by atoms with Gasteiger partial charge in [-0.05, 0) is 53.3 Å². The first-order valence-corrected chi connectivity index (χ1v) is 11.4. The second-order valence-corrected chi connectivity index (χ2v) is 8.14. The van der Waals surface area contributed by atoms with Crippen LogP contribution in [-0.4, -0.2) is 6.61 Å². The molecule has 168 valence electrons. The van der Waals surface area contributed by atoms with Gasteiger partial charge in [0.2, 0.25) is 0 Å². The summed E-state index contributed by atoms with van der Waals surface area (Å²) in [6, 6.07) is 36.6. The van der Waals surface area contributed by atoms with Gasteiger partial charge in [-0.25, -0.2) is 0 Å². The molecule has 0 spiro atoms. The van der Waals surface area contributed by atoms with Crippen molar-refractivity contribution in [3.8, 4) is 17.2 Å². The lowest BCUT2D eigenvalue weighted by Crippen LogP contribution is -2.05. The monoisotopic (exact) mass is 438 g/mol. The molecule has 0 N–H and O–H groups in total. The highest BCUT2D eigenvalue weighted by molar-refractivity contribution is 5.40. The summed E-state index contributed by atoms with van der Waals surface area (Å²) in [5.74, 6) is 2.83. The SMILES string of the molecule is CC(CCOc1ccccc1)c1cc(OCc2ccccc2)cc(OCc2ccccc2)c1. The number of rotatable bonds is 11. The second kappa shape index (κ2) is 11.8. The van der Waals surface area contributed by atoms with Crippen molar-refractivity contribution in [2.75, 3.05) is 6.61 Å². The van der Waals surface area contributed by atoms with Crippen LogP contribution >= 0.6 is 0 Å². The molecular formula is C30H30O3. The zero-order chi connectivity index (χ0) is 22.7. The molecule has 0 heterocycles. The normalized spacial score (nSPS) is 11.5. The molecule has 1 atom stereocenters. The molecule has 4 aromatic rings. The Bertz CT molecular complexity index is 1030. The van der Waals surface area contributed by atoms with E-state index in [1.807, 2.05) is 72.8 Å². The summed E-state index contributed by atoms with van der Waals surface area (Å²) < 4.78 is 18.2. The molecule has 1 unspecified atom stereocenters. The number of ether oxygens (including phenoxy) is 3. The van der Waals surface area contributed by atoms with Gasteiger partial charge in [-0.15, -0.1) is 0 Å². The highest BCUT2D eigenvalue weighted by Gasteiger charge is 2.11. The molecule has 0 aliphatic rings. The summed E-state index contributed by atoms with van der Waals surface area (Å²) in [5, 5.41) is 0. The summed E-state index contributed by atoms with van der Waals surface area (Å²) in [4.78, 5) is 0. The first-order valence-electron chi connectivity index (χ1n) is 11.4. The predicted molar refractivity (Wildman–Crippen MR) is 133 cm³/mol. The third kappa shape index (κ3) is 7.15. The van der Waals surface area contributed by atoms with Gasteiger partial charge < -0.3 is 14.2 Å². The fraction of sp³-hybridized carbons (Fsp3) is 0.200. The molecule has 0 bridgehead atoms. The van der Waals surface area contributed by atoms with Gasteiger partial charge in [0.05, 0.1) is 6.61 Å². The van der Waals surface area contributed by atoms with E-state index in [1.165, 1.54) is 5.56 Å². The molecule has 0 amide bonds. The van der Waals surface area contributed by atoms with E-state index in [0.29, 0.717) is 25.7 Å². The van der Waals surface area contributed by atoms with Crippen LogP contribution in [0.25, 0.3) is 0 Å². The number of para-hydroxylation sites is 1. The summed E-state index contributed by atoms with van der Waals surface area (Å²) in [6.45, 7) is 3.91. The van der Waals surface area contributed by atoms with E-state index >= 15 is 0 Å². The first-order chi connectivity index (χ1) is 16.3. The molecule has 4 aromatic carbocycles. The maximum Gasteiger partial charge on any atom is 0.123 e. The van der Waals surface area contributed by atoms with Gasteiger partial charge in [0.1, 0.15) is 30.5 Å². The maximum absolute atomic E-state index is 6.14. The smallest absolute Gasteiger partial charge is 0.123 e. The van der Waals surface area contributed by atoms with Crippen LogP contribution in [0.15, 0.2) is 109 Å². The van der Waals surface area contributed by atoms with Crippen molar-refractivity contribution in [3.05, 3.63) is 126 Å². The quantitative estimate of drug-likeness (QED) is 0.244. The molecule has 0 radical (unpaired) electrons. The molecule has 0 fully saturated rings. The number of hydrogen-bond acceptors (Lipinski definition) is 3. The van der Waals surface area contributed by atoms with E-state index in [1.54, 1.807) is 0 Å². The predicted octanol–water partition coefficient (Wildman–Crippen LogP) is 7.42. The third-order valence-corrected chi connectivity index (χ3v) is 5.53. The summed E-state index contributed by atoms with van der Waals surface area (Å²) >= 11 is 0. The minimum atomic E-state index is 0.299. The Hall–Kier alpha value is -3.72. The van der Waals surface area contributed by atoms with E-state index < -0.39 is 0 Å². The van der Waals surface area contributed by atoms with Crippen LogP contribution in [-0.2, 0) is 13.2 Å². The van der Waals surface area contributed by atoms with Crippen LogP contribution < -0.4 is 14.2 Å². The summed E-state index contributed by atoms with van der Waals surface area (Å²) in [6.07, 6.45) is 0.898. The van der Waals surface area contributed by atoms with Gasteiger partial charge in [0.15, 0.2) is 0 Å². The highest BCUT2D eigenvalue weighted by atomic mass is 16.5. The van der Waals surface area contributed by atoms with Crippen LogP contribution in [0.3, 0.4) is 0 Å². The second-order valence-electron chi connectivity index (χ2n) is 8.14. The first kappa shape index (κ1) is 22.5. The van der Waals surface area contributed by atoms with Crippen molar-refractivity contribution in [1.29, 1.82) is 0 Å². The van der Waals surface area contributed by atoms with Crippen molar-refractivity contribution < 1.29 is 14.2 Å². The van der Waals surface area contributed by atoms with Gasteiger partial charge in [-0.2, -0.15) is 0 Å². The molecule has 0 aliphatic carbocycles. The minimum Gasteiger partial charge on any atom is -0.494 e. The van der Waals surface area contributed by atoms with Crippen molar-refractivity contribution in [1.82, 2.24) is 0 Å². The lowest BCUT2D eigenvalue weighted by molar-refractivity contribution is 0.286. The average molecular weight is 439 g/mol. The van der Waals surface area contributed by atoms with E-state index in [2.05, 4.69) is 43.3 Å². The zero-order valence-corrected chi connectivity index (χ0v) is 19.0. The molecule has 33 heavy (non-hydrogen) atoms. The van der Waals surface area contributed by atoms with Crippen LogP contribution in [0, 0.1) is 0 Å². The molecule has 0 saturated heterocycles. The van der Waals surface area contributed by atoms with E-state index in [9.17, 15) is 0 Å². The topological polar surface area (TPSA) is 27.7 Å². The Kier molecular flexibility index (Phi) is 8.02. The van der Waals surface area contributed by atoms with Gasteiger partial charge >= 0.3 is 0 Å². The summed E-state index contributed by atoms with van der Waals surface area (Å²) in [5.41, 5.74) is 3.46. The van der Waals surface area contributed by atoms with Crippen LogP contribution in [0.5, 0.6) is 17.2 Å². The van der Waals surface area contributed by atoms with Crippen molar-refractivity contribution in [2.24, 2.45) is 0 Å². The molecular weight excluding hydrogens is 408 g/mol. The van der Waals surface area contributed by atoms with Gasteiger partial charge in [0, 0.05) is 6.07 Å². The largest absolute Gasteiger partial charge is 0.494 e. The molecule has 3 heteroatoms. The molecule has 4 rings (SSSR count). The van der Waals surface area contributed by atoms with Gasteiger partial charge in [-0.3, -0.25) is 0 Å². The minimum absolute atomic E-state index is 0.299. The zero-order valence-electron chi connectivity index (χ0n) is 19.0. The Morgan fingerprint density at radius 3 is 1.55 bits per heavy atom. The average Bonchev–Trinajstić information content (AvgIpc) is 2.88. The van der Waals surface area contributed by atoms with Crippen LogP contribution in [0.2, 0.25) is 0 Å². The van der Waals surface area contributed by atoms with Gasteiger partial charge in [0.25, 0.3) is 0 Å². The Labute approximate surface area is 196 Å². The fourth-order valence-corrected chi connectivity index (χ4v) is 3.56. The molecule has 0 aliphatic heterocycles. The molecule has 3 nitrogen and oxygen atoms in total. The van der Waals surface area contributed by atoms with Crippen LogP contribution in [0.1, 0.15) is 36.0 Å². The lowest BCUT2D eigenvalue weighted by Gasteiger charge is -2.17. The van der Waals surface area contributed by atoms with Crippen molar-refractivity contribution in [2.45, 2.75) is 32.5 Å². The standard InChI is InChI=1S/C30H30O3/c1-24(17-18-31-28-15-9-4-10-16-28)27-19-29(32-22-25-11-5-2-6-12-25)21-30(20-27)33-23-26-13-7-3-8-14-26/h2-16,19-21,24H,17-18,22-23H2,1H3. The number of hydrogen-bond donors (Lipinski definition) is 0. The van der Waals surface area contributed by atoms with Crippen LogP contribution in [0.4, 0.5) is 0 Å². The highest BCUT2D eigenvalue weighted by Crippen LogP contribution is 2.30.